The summed E-state index contributed by atoms with van der Waals surface area (Å²) >= 11 is 0. The van der Waals surface area contributed by atoms with Gasteiger partial charge in [-0.05, 0) is 37.6 Å². The van der Waals surface area contributed by atoms with Gasteiger partial charge in [-0.15, -0.1) is 0 Å². The van der Waals surface area contributed by atoms with Crippen LogP contribution in [0.4, 0.5) is 5.69 Å². The van der Waals surface area contributed by atoms with Gasteiger partial charge in [-0.1, -0.05) is 72.3 Å². The predicted octanol–water partition coefficient (Wildman–Crippen LogP) is 4.32. The van der Waals surface area contributed by atoms with Crippen LogP contribution in [0.1, 0.15) is 42.6 Å². The Morgan fingerprint density at radius 1 is 0.969 bits per heavy atom. The Balaban J connectivity index is 1.69. The van der Waals surface area contributed by atoms with Crippen molar-refractivity contribution in [3.63, 3.8) is 0 Å². The van der Waals surface area contributed by atoms with Crippen LogP contribution in [0.5, 0.6) is 0 Å². The van der Waals surface area contributed by atoms with Gasteiger partial charge in [-0.25, -0.2) is 0 Å². The number of benzene rings is 3. The van der Waals surface area contributed by atoms with Crippen LogP contribution in [0.2, 0.25) is 0 Å². The maximum Gasteiger partial charge on any atom is 0.253 e. The van der Waals surface area contributed by atoms with Gasteiger partial charge in [0.1, 0.15) is 5.54 Å². The summed E-state index contributed by atoms with van der Waals surface area (Å²) < 4.78 is 24.6. The molecular weight excluding hydrogens is 396 g/mol. The first kappa shape index (κ1) is 16.4. The molecule has 160 valence electrons. The Hall–Kier alpha value is -3.24. The van der Waals surface area contributed by atoms with Gasteiger partial charge in [0.05, 0.1) is 5.41 Å². The summed E-state index contributed by atoms with van der Waals surface area (Å²) in [6.07, 6.45) is 0.375. The van der Waals surface area contributed by atoms with Gasteiger partial charge in [-0.3, -0.25) is 14.5 Å². The van der Waals surface area contributed by atoms with E-state index in [1.807, 2.05) is 79.5 Å². The molecule has 0 radical (unpaired) electrons. The van der Waals surface area contributed by atoms with E-state index in [0.717, 1.165) is 21.6 Å². The van der Waals surface area contributed by atoms with Crippen molar-refractivity contribution in [3.8, 4) is 0 Å². The SMILES string of the molecule is [3H]C([3H])([3H])N1C(=O)[C@@]2(c3ccccc31)N(C)C[C@@H](c1ccc(C)cc1)[C@@]21Cc2ccccc2C1=O. The maximum absolute atomic E-state index is 14.6. The number of likely N-dealkylation sites (tertiary alicyclic amines) is 1. The van der Waals surface area contributed by atoms with Gasteiger partial charge in [0.15, 0.2) is 5.78 Å². The number of ketones is 1. The molecule has 32 heavy (non-hydrogen) atoms. The summed E-state index contributed by atoms with van der Waals surface area (Å²) in [4.78, 5) is 31.9. The van der Waals surface area contributed by atoms with E-state index in [2.05, 4.69) is 0 Å². The fourth-order valence-electron chi connectivity index (χ4n) is 6.60. The number of amides is 1. The molecule has 2 aliphatic heterocycles. The first-order chi connectivity index (χ1) is 16.6. The van der Waals surface area contributed by atoms with Crippen molar-refractivity contribution in [1.82, 2.24) is 4.90 Å². The number of hydrogen-bond acceptors (Lipinski definition) is 3. The lowest BCUT2D eigenvalue weighted by atomic mass is 9.58. The van der Waals surface area contributed by atoms with Gasteiger partial charge in [-0.2, -0.15) is 0 Å². The Labute approximate surface area is 192 Å². The third-order valence-electron chi connectivity index (χ3n) is 7.93. The molecule has 3 atom stereocenters. The fraction of sp³-hybridized carbons (Fsp3) is 0.286. The zero-order valence-electron chi connectivity index (χ0n) is 21.1. The lowest BCUT2D eigenvalue weighted by Gasteiger charge is -2.44. The van der Waals surface area contributed by atoms with Crippen molar-refractivity contribution >= 4 is 17.4 Å². The maximum atomic E-state index is 14.6. The summed E-state index contributed by atoms with van der Waals surface area (Å²) in [6, 6.07) is 22.8. The number of hydrogen-bond donors (Lipinski definition) is 0. The highest BCUT2D eigenvalue weighted by molar-refractivity contribution is 6.16. The van der Waals surface area contributed by atoms with Crippen molar-refractivity contribution in [2.75, 3.05) is 25.5 Å². The molecule has 4 heteroatoms. The van der Waals surface area contributed by atoms with Gasteiger partial charge in [0, 0.05) is 40.4 Å². The van der Waals surface area contributed by atoms with Crippen LogP contribution in [0.25, 0.3) is 0 Å². The van der Waals surface area contributed by atoms with Crippen molar-refractivity contribution in [1.29, 1.82) is 0 Å². The second-order valence-corrected chi connectivity index (χ2v) is 9.35. The summed E-state index contributed by atoms with van der Waals surface area (Å²) in [5.74, 6) is -0.919. The van der Waals surface area contributed by atoms with Gasteiger partial charge in [0.25, 0.3) is 5.91 Å². The number of carbonyl (C=O) groups excluding carboxylic acids is 2. The Bertz CT molecular complexity index is 1380. The monoisotopic (exact) mass is 428 g/mol. The molecule has 4 nitrogen and oxygen atoms in total. The number of para-hydroxylation sites is 1. The van der Waals surface area contributed by atoms with E-state index < -0.39 is 23.8 Å². The second kappa shape index (κ2) is 6.39. The van der Waals surface area contributed by atoms with Crippen molar-refractivity contribution in [2.24, 2.45) is 5.41 Å². The predicted molar refractivity (Wildman–Crippen MR) is 125 cm³/mol. The molecule has 0 aromatic heterocycles. The van der Waals surface area contributed by atoms with Crippen LogP contribution in [0, 0.1) is 12.3 Å². The Morgan fingerprint density at radius 3 is 2.44 bits per heavy atom. The number of likely N-dealkylation sites (N-methyl/N-ethyl adjacent to an activating group) is 2. The van der Waals surface area contributed by atoms with E-state index in [0.29, 0.717) is 29.8 Å². The minimum Gasteiger partial charge on any atom is -0.313 e. The number of nitrogens with zero attached hydrogens (tertiary/aromatic N) is 2. The van der Waals surface area contributed by atoms with Crippen LogP contribution in [0.15, 0.2) is 72.8 Å². The van der Waals surface area contributed by atoms with Gasteiger partial charge >= 0.3 is 0 Å². The van der Waals surface area contributed by atoms with E-state index in [4.69, 9.17) is 4.11 Å². The molecule has 6 rings (SSSR count). The molecule has 2 spiro atoms. The summed E-state index contributed by atoms with van der Waals surface area (Å²) in [5.41, 5.74) is 1.98. The van der Waals surface area contributed by atoms with E-state index in [1.165, 1.54) is 0 Å². The number of rotatable bonds is 1. The highest BCUT2D eigenvalue weighted by atomic mass is 16.2. The summed E-state index contributed by atoms with van der Waals surface area (Å²) in [6.45, 7) is -0.198. The third-order valence-corrected chi connectivity index (χ3v) is 7.93. The van der Waals surface area contributed by atoms with Crippen LogP contribution in [-0.2, 0) is 16.8 Å². The number of anilines is 1. The molecule has 3 aromatic rings. The second-order valence-electron chi connectivity index (χ2n) is 9.35. The smallest absolute Gasteiger partial charge is 0.253 e. The van der Waals surface area contributed by atoms with Crippen LogP contribution >= 0.6 is 0 Å². The number of Topliss-reactive ketones (excluding diaryl/α,β-unsaturated/α-hetero) is 1. The molecule has 0 unspecified atom stereocenters. The van der Waals surface area contributed by atoms with E-state index in [9.17, 15) is 9.59 Å². The Kier molecular flexibility index (Phi) is 3.28. The summed E-state index contributed by atoms with van der Waals surface area (Å²) in [7, 11) is 1.85. The molecule has 1 saturated heterocycles. The van der Waals surface area contributed by atoms with Crippen molar-refractivity contribution < 1.29 is 13.7 Å². The highest BCUT2D eigenvalue weighted by Crippen LogP contribution is 2.67. The quantitative estimate of drug-likeness (QED) is 0.580. The average molecular weight is 429 g/mol. The van der Waals surface area contributed by atoms with E-state index in [1.54, 1.807) is 12.1 Å². The zero-order chi connectivity index (χ0) is 24.8. The third kappa shape index (κ3) is 2.06. The normalized spacial score (nSPS) is 30.5. The number of aryl methyl sites for hydroxylation is 1. The van der Waals surface area contributed by atoms with Crippen LogP contribution < -0.4 is 4.90 Å². The topological polar surface area (TPSA) is 40.6 Å². The molecule has 0 saturated carbocycles. The number of fused-ring (bicyclic) bond motifs is 4. The largest absolute Gasteiger partial charge is 0.313 e. The standard InChI is InChI=1S/C28H26N2O2/c1-18-12-14-19(15-13-18)23-17-29(2)28(22-10-6-7-11-24(22)30(3)26(28)32)27(23)16-20-8-4-5-9-21(20)25(27)31/h4-15,23H,16-17H2,1-3H3/t23-,27+,28+/m0/s1/i3T3. The van der Waals surface area contributed by atoms with Crippen molar-refractivity contribution in [2.45, 2.75) is 24.8 Å². The zero-order valence-corrected chi connectivity index (χ0v) is 18.1. The molecule has 1 fully saturated rings. The van der Waals surface area contributed by atoms with Crippen LogP contribution in [0.3, 0.4) is 0 Å². The molecule has 1 aliphatic carbocycles. The number of carbonyl (C=O) groups is 2. The van der Waals surface area contributed by atoms with Gasteiger partial charge < -0.3 is 4.90 Å². The molecule has 0 N–H and O–H groups in total. The van der Waals surface area contributed by atoms with Crippen LogP contribution in [-0.4, -0.2) is 37.2 Å². The molecule has 0 bridgehead atoms. The first-order valence-electron chi connectivity index (χ1n) is 12.5. The molecule has 3 aromatic carbocycles. The molecular formula is C28H26N2O2. The lowest BCUT2D eigenvalue weighted by molar-refractivity contribution is -0.132. The van der Waals surface area contributed by atoms with Crippen molar-refractivity contribution in [3.05, 3.63) is 101 Å². The average Bonchev–Trinajstić information content (AvgIpc) is 3.37. The minimum absolute atomic E-state index is 0.0847. The lowest BCUT2D eigenvalue weighted by Crippen LogP contribution is -2.59. The van der Waals surface area contributed by atoms with Gasteiger partial charge in [0.2, 0.25) is 0 Å². The van der Waals surface area contributed by atoms with E-state index >= 15 is 0 Å². The Morgan fingerprint density at radius 2 is 1.69 bits per heavy atom. The molecule has 2 heterocycles. The first-order valence-corrected chi connectivity index (χ1v) is 11.0. The molecule has 1 amide bonds. The minimum atomic E-state index is -2.67. The summed E-state index contributed by atoms with van der Waals surface area (Å²) in [5, 5.41) is 0. The van der Waals surface area contributed by atoms with E-state index in [-0.39, 0.29) is 11.7 Å². The molecule has 3 aliphatic rings. The fourth-order valence-corrected chi connectivity index (χ4v) is 6.60. The highest BCUT2D eigenvalue weighted by Gasteiger charge is 2.75.